The number of carbonyl (C=O) groups excluding carboxylic acids is 1. The smallest absolute Gasteiger partial charge is 0.248 e. The van der Waals surface area contributed by atoms with Crippen molar-refractivity contribution < 1.29 is 4.79 Å². The molecule has 4 heteroatoms. The van der Waals surface area contributed by atoms with E-state index in [9.17, 15) is 4.79 Å². The van der Waals surface area contributed by atoms with Crippen molar-refractivity contribution in [2.75, 3.05) is 19.6 Å². The van der Waals surface area contributed by atoms with Crippen LogP contribution in [0.2, 0.25) is 0 Å². The summed E-state index contributed by atoms with van der Waals surface area (Å²) in [5.74, 6) is 6.34. The van der Waals surface area contributed by atoms with E-state index in [1.54, 1.807) is 0 Å². The first-order chi connectivity index (χ1) is 7.45. The third kappa shape index (κ3) is 8.68. The van der Waals surface area contributed by atoms with Crippen molar-refractivity contribution >= 4 is 5.91 Å². The van der Waals surface area contributed by atoms with Gasteiger partial charge in [-0.05, 0) is 37.8 Å². The van der Waals surface area contributed by atoms with E-state index in [4.69, 9.17) is 5.84 Å². The molecule has 0 aromatic heterocycles. The Morgan fingerprint density at radius 3 is 1.88 bits per heavy atom. The van der Waals surface area contributed by atoms with Crippen LogP contribution in [0.25, 0.3) is 0 Å². The van der Waals surface area contributed by atoms with Gasteiger partial charge in [0.1, 0.15) is 0 Å². The molecule has 3 N–H and O–H groups in total. The van der Waals surface area contributed by atoms with Crippen molar-refractivity contribution in [1.29, 1.82) is 0 Å². The zero-order chi connectivity index (χ0) is 12.6. The first kappa shape index (κ1) is 15.4. The number of nitrogens with zero attached hydrogens (tertiary/aromatic N) is 1. The molecule has 16 heavy (non-hydrogen) atoms. The van der Waals surface area contributed by atoms with E-state index in [0.717, 1.165) is 25.9 Å². The predicted molar refractivity (Wildman–Crippen MR) is 67.7 cm³/mol. The van der Waals surface area contributed by atoms with Gasteiger partial charge in [0.15, 0.2) is 0 Å². The van der Waals surface area contributed by atoms with E-state index in [1.165, 1.54) is 0 Å². The van der Waals surface area contributed by atoms with E-state index in [0.29, 0.717) is 18.4 Å². The molecule has 0 aliphatic heterocycles. The normalized spacial score (nSPS) is 11.5. The van der Waals surface area contributed by atoms with Gasteiger partial charge < -0.3 is 0 Å². The molecule has 0 spiro atoms. The second-order valence-corrected chi connectivity index (χ2v) is 5.21. The summed E-state index contributed by atoms with van der Waals surface area (Å²) in [6, 6.07) is 0. The minimum absolute atomic E-state index is 0.104. The van der Waals surface area contributed by atoms with Crippen molar-refractivity contribution in [2.24, 2.45) is 17.7 Å². The standard InChI is InChI=1S/C12H27N3O/c1-10(2)5-7-15(8-6-11(3)4)9-12(16)14-13/h10-11H,5-9,13H2,1-4H3,(H,14,16). The summed E-state index contributed by atoms with van der Waals surface area (Å²) in [5, 5.41) is 0. The van der Waals surface area contributed by atoms with E-state index in [1.807, 2.05) is 0 Å². The molecule has 0 aromatic carbocycles. The Bertz CT molecular complexity index is 181. The monoisotopic (exact) mass is 229 g/mol. The number of amides is 1. The first-order valence-corrected chi connectivity index (χ1v) is 6.17. The van der Waals surface area contributed by atoms with Crippen LogP contribution in [0.3, 0.4) is 0 Å². The molecule has 0 aliphatic rings. The predicted octanol–water partition coefficient (Wildman–Crippen LogP) is 1.37. The Morgan fingerprint density at radius 2 is 1.56 bits per heavy atom. The molecule has 0 aromatic rings. The van der Waals surface area contributed by atoms with Gasteiger partial charge in [0.25, 0.3) is 0 Å². The van der Waals surface area contributed by atoms with Crippen LogP contribution in [0.15, 0.2) is 0 Å². The number of hydrogen-bond acceptors (Lipinski definition) is 3. The molecule has 0 saturated carbocycles. The molecular weight excluding hydrogens is 202 g/mol. The van der Waals surface area contributed by atoms with Gasteiger partial charge >= 0.3 is 0 Å². The fraction of sp³-hybridized carbons (Fsp3) is 0.917. The molecular formula is C12H27N3O. The van der Waals surface area contributed by atoms with E-state index >= 15 is 0 Å². The zero-order valence-electron chi connectivity index (χ0n) is 11.1. The maximum absolute atomic E-state index is 11.2. The molecule has 0 atom stereocenters. The van der Waals surface area contributed by atoms with Gasteiger partial charge in [-0.3, -0.25) is 15.1 Å². The van der Waals surface area contributed by atoms with E-state index < -0.39 is 0 Å². The van der Waals surface area contributed by atoms with E-state index in [2.05, 4.69) is 38.0 Å². The molecule has 1 amide bonds. The quantitative estimate of drug-likeness (QED) is 0.375. The van der Waals surface area contributed by atoms with Crippen LogP contribution >= 0.6 is 0 Å². The van der Waals surface area contributed by atoms with Gasteiger partial charge in [-0.2, -0.15) is 0 Å². The Kier molecular flexibility index (Phi) is 8.21. The van der Waals surface area contributed by atoms with Gasteiger partial charge in [-0.25, -0.2) is 5.84 Å². The van der Waals surface area contributed by atoms with Gasteiger partial charge in [0.05, 0.1) is 6.54 Å². The summed E-state index contributed by atoms with van der Waals surface area (Å²) in [5.41, 5.74) is 2.19. The highest BCUT2D eigenvalue weighted by Gasteiger charge is 2.10. The lowest BCUT2D eigenvalue weighted by atomic mass is 10.1. The van der Waals surface area contributed by atoms with Crippen LogP contribution in [-0.2, 0) is 4.79 Å². The van der Waals surface area contributed by atoms with Crippen LogP contribution in [-0.4, -0.2) is 30.4 Å². The molecule has 0 saturated heterocycles. The first-order valence-electron chi connectivity index (χ1n) is 6.17. The van der Waals surface area contributed by atoms with Crippen LogP contribution in [0.1, 0.15) is 40.5 Å². The maximum atomic E-state index is 11.2. The summed E-state index contributed by atoms with van der Waals surface area (Å²) in [6.45, 7) is 11.1. The highest BCUT2D eigenvalue weighted by molar-refractivity contribution is 5.77. The summed E-state index contributed by atoms with van der Waals surface area (Å²) < 4.78 is 0. The summed E-state index contributed by atoms with van der Waals surface area (Å²) in [4.78, 5) is 13.4. The minimum Gasteiger partial charge on any atom is -0.294 e. The lowest BCUT2D eigenvalue weighted by Gasteiger charge is -2.23. The Balaban J connectivity index is 3.99. The van der Waals surface area contributed by atoms with Crippen molar-refractivity contribution in [2.45, 2.75) is 40.5 Å². The van der Waals surface area contributed by atoms with Crippen LogP contribution < -0.4 is 11.3 Å². The molecule has 96 valence electrons. The zero-order valence-corrected chi connectivity index (χ0v) is 11.1. The largest absolute Gasteiger partial charge is 0.294 e. The van der Waals surface area contributed by atoms with Crippen molar-refractivity contribution in [3.8, 4) is 0 Å². The number of rotatable bonds is 8. The van der Waals surface area contributed by atoms with Crippen molar-refractivity contribution in [1.82, 2.24) is 10.3 Å². The SMILES string of the molecule is CC(C)CCN(CCC(C)C)CC(=O)NN. The third-order valence-corrected chi connectivity index (χ3v) is 2.57. The molecule has 0 bridgehead atoms. The molecule has 0 aliphatic carbocycles. The third-order valence-electron chi connectivity index (χ3n) is 2.57. The van der Waals surface area contributed by atoms with Crippen molar-refractivity contribution in [3.05, 3.63) is 0 Å². The highest BCUT2D eigenvalue weighted by atomic mass is 16.2. The van der Waals surface area contributed by atoms with Gasteiger partial charge in [0.2, 0.25) is 5.91 Å². The summed E-state index contributed by atoms with van der Waals surface area (Å²) in [7, 11) is 0. The molecule has 0 radical (unpaired) electrons. The second-order valence-electron chi connectivity index (χ2n) is 5.21. The van der Waals surface area contributed by atoms with Crippen molar-refractivity contribution in [3.63, 3.8) is 0 Å². The van der Waals surface area contributed by atoms with Gasteiger partial charge in [0, 0.05) is 0 Å². The van der Waals surface area contributed by atoms with Crippen LogP contribution in [0, 0.1) is 11.8 Å². The van der Waals surface area contributed by atoms with Gasteiger partial charge in [-0.15, -0.1) is 0 Å². The number of hydrazine groups is 1. The number of carbonyl (C=O) groups is 1. The molecule has 4 nitrogen and oxygen atoms in total. The topological polar surface area (TPSA) is 58.4 Å². The Morgan fingerprint density at radius 1 is 1.12 bits per heavy atom. The molecule has 0 unspecified atom stereocenters. The Hall–Kier alpha value is -0.610. The molecule has 0 fully saturated rings. The van der Waals surface area contributed by atoms with Crippen LogP contribution in [0.4, 0.5) is 0 Å². The summed E-state index contributed by atoms with van der Waals surface area (Å²) >= 11 is 0. The minimum atomic E-state index is -0.104. The maximum Gasteiger partial charge on any atom is 0.248 e. The molecule has 0 rings (SSSR count). The highest BCUT2D eigenvalue weighted by Crippen LogP contribution is 2.06. The number of nitrogens with two attached hydrogens (primary N) is 1. The number of nitrogens with one attached hydrogen (secondary N) is 1. The molecule has 0 heterocycles. The average Bonchev–Trinajstić information content (AvgIpc) is 2.21. The number of hydrogen-bond donors (Lipinski definition) is 2. The lowest BCUT2D eigenvalue weighted by molar-refractivity contribution is -0.122. The fourth-order valence-electron chi connectivity index (χ4n) is 1.40. The Labute approximate surface area is 99.5 Å². The van der Waals surface area contributed by atoms with E-state index in [-0.39, 0.29) is 5.91 Å². The van der Waals surface area contributed by atoms with Crippen LogP contribution in [0.5, 0.6) is 0 Å². The van der Waals surface area contributed by atoms with Gasteiger partial charge in [-0.1, -0.05) is 27.7 Å². The summed E-state index contributed by atoms with van der Waals surface area (Å²) in [6.07, 6.45) is 2.24. The second kappa shape index (κ2) is 8.53. The lowest BCUT2D eigenvalue weighted by Crippen LogP contribution is -2.41. The average molecular weight is 229 g/mol. The fourth-order valence-corrected chi connectivity index (χ4v) is 1.40.